The van der Waals surface area contributed by atoms with E-state index in [-0.39, 0.29) is 17.1 Å². The largest absolute Gasteiger partial charge is 0.481 e. The Kier molecular flexibility index (Phi) is 4.35. The Labute approximate surface area is 147 Å². The Morgan fingerprint density at radius 1 is 1.28 bits per heavy atom. The number of hydrogen-bond acceptors (Lipinski definition) is 4. The van der Waals surface area contributed by atoms with Crippen molar-refractivity contribution in [3.8, 4) is 5.75 Å². The summed E-state index contributed by atoms with van der Waals surface area (Å²) in [5.74, 6) is 0.515. The molecule has 2 heterocycles. The van der Waals surface area contributed by atoms with Crippen molar-refractivity contribution < 1.29 is 13.9 Å². The molecule has 25 heavy (non-hydrogen) atoms. The van der Waals surface area contributed by atoms with Gasteiger partial charge in [0, 0.05) is 29.1 Å². The Morgan fingerprint density at radius 3 is 2.64 bits per heavy atom. The third-order valence-electron chi connectivity index (χ3n) is 5.26. The summed E-state index contributed by atoms with van der Waals surface area (Å²) in [6.07, 6.45) is 1.43. The molecule has 0 radical (unpaired) electrons. The van der Waals surface area contributed by atoms with Gasteiger partial charge in [-0.15, -0.1) is 0 Å². The van der Waals surface area contributed by atoms with E-state index in [1.165, 1.54) is 0 Å². The number of amides is 1. The number of rotatable bonds is 3. The molecular weight excluding hydrogens is 318 g/mol. The molecule has 1 aromatic carbocycles. The summed E-state index contributed by atoms with van der Waals surface area (Å²) in [4.78, 5) is 26.5. The molecule has 3 rings (SSSR count). The maximum absolute atomic E-state index is 12.7. The van der Waals surface area contributed by atoms with Crippen LogP contribution in [-0.2, 0) is 4.79 Å². The predicted octanol–water partition coefficient (Wildman–Crippen LogP) is 3.58. The molecular formula is C20H25NO4. The smallest absolute Gasteiger partial charge is 0.339 e. The number of fused-ring (bicyclic) bond motifs is 1. The lowest BCUT2D eigenvalue weighted by Crippen LogP contribution is -2.48. The molecule has 1 aliphatic heterocycles. The molecule has 1 atom stereocenters. The van der Waals surface area contributed by atoms with E-state index in [0.717, 1.165) is 30.3 Å². The third kappa shape index (κ3) is 3.15. The summed E-state index contributed by atoms with van der Waals surface area (Å²) in [5.41, 5.74) is 1.53. The highest BCUT2D eigenvalue weighted by Gasteiger charge is 2.37. The van der Waals surface area contributed by atoms with E-state index in [9.17, 15) is 9.59 Å². The van der Waals surface area contributed by atoms with Crippen LogP contribution in [0.2, 0.25) is 0 Å². The van der Waals surface area contributed by atoms with Crippen molar-refractivity contribution in [3.63, 3.8) is 0 Å². The maximum atomic E-state index is 12.7. The fourth-order valence-corrected chi connectivity index (χ4v) is 3.49. The second-order valence-corrected chi connectivity index (χ2v) is 7.46. The first-order chi connectivity index (χ1) is 11.7. The van der Waals surface area contributed by atoms with Gasteiger partial charge in [0.1, 0.15) is 11.3 Å². The van der Waals surface area contributed by atoms with Crippen molar-refractivity contribution in [1.29, 1.82) is 0 Å². The van der Waals surface area contributed by atoms with E-state index in [1.54, 1.807) is 19.9 Å². The van der Waals surface area contributed by atoms with Crippen LogP contribution in [-0.4, -0.2) is 29.0 Å². The highest BCUT2D eigenvalue weighted by molar-refractivity contribution is 5.83. The van der Waals surface area contributed by atoms with Crippen LogP contribution in [0.4, 0.5) is 0 Å². The van der Waals surface area contributed by atoms with Crippen molar-refractivity contribution in [2.75, 3.05) is 6.54 Å². The van der Waals surface area contributed by atoms with Crippen molar-refractivity contribution in [2.24, 2.45) is 0 Å². The van der Waals surface area contributed by atoms with Crippen molar-refractivity contribution >= 4 is 16.9 Å². The van der Waals surface area contributed by atoms with Crippen LogP contribution in [0, 0.1) is 13.8 Å². The molecule has 0 aliphatic carbocycles. The zero-order chi connectivity index (χ0) is 18.4. The number of hydrogen-bond donors (Lipinski definition) is 0. The molecule has 1 amide bonds. The molecule has 0 N–H and O–H groups in total. The summed E-state index contributed by atoms with van der Waals surface area (Å²) in [6, 6.07) is 5.36. The lowest BCUT2D eigenvalue weighted by atomic mass is 10.0. The van der Waals surface area contributed by atoms with E-state index >= 15 is 0 Å². The molecule has 1 aliphatic rings. The number of nitrogens with zero attached hydrogens (tertiary/aromatic N) is 1. The normalized spacial score (nSPS) is 17.7. The summed E-state index contributed by atoms with van der Waals surface area (Å²) in [6.45, 7) is 10.4. The van der Waals surface area contributed by atoms with Crippen LogP contribution in [0.3, 0.4) is 0 Å². The number of benzene rings is 1. The Morgan fingerprint density at radius 2 is 2.00 bits per heavy atom. The fraction of sp³-hybridized carbons (Fsp3) is 0.500. The Balaban J connectivity index is 1.84. The van der Waals surface area contributed by atoms with Gasteiger partial charge in [-0.05, 0) is 65.2 Å². The number of carbonyl (C=O) groups is 1. The van der Waals surface area contributed by atoms with E-state index in [4.69, 9.17) is 9.15 Å². The van der Waals surface area contributed by atoms with Crippen molar-refractivity contribution in [1.82, 2.24) is 4.90 Å². The third-order valence-corrected chi connectivity index (χ3v) is 5.26. The molecule has 5 heteroatoms. The van der Waals surface area contributed by atoms with Gasteiger partial charge in [-0.1, -0.05) is 0 Å². The molecule has 1 fully saturated rings. The van der Waals surface area contributed by atoms with Gasteiger partial charge in [-0.25, -0.2) is 4.79 Å². The van der Waals surface area contributed by atoms with E-state index in [2.05, 4.69) is 13.8 Å². The first-order valence-electron chi connectivity index (χ1n) is 8.73. The number of ether oxygens (including phenoxy) is 1. The molecule has 1 unspecified atom stereocenters. The van der Waals surface area contributed by atoms with Crippen LogP contribution in [0.15, 0.2) is 27.4 Å². The van der Waals surface area contributed by atoms with Crippen LogP contribution < -0.4 is 10.4 Å². The van der Waals surface area contributed by atoms with Crippen molar-refractivity contribution in [3.05, 3.63) is 39.7 Å². The molecule has 5 nitrogen and oxygen atoms in total. The molecule has 0 saturated carbocycles. The lowest BCUT2D eigenvalue weighted by molar-refractivity contribution is -0.141. The predicted molar refractivity (Wildman–Crippen MR) is 97.1 cm³/mol. The number of aryl methyl sites for hydroxylation is 1. The van der Waals surface area contributed by atoms with Gasteiger partial charge in [0.2, 0.25) is 0 Å². The maximum Gasteiger partial charge on any atom is 0.339 e. The average molecular weight is 343 g/mol. The summed E-state index contributed by atoms with van der Waals surface area (Å²) in [7, 11) is 0. The summed E-state index contributed by atoms with van der Waals surface area (Å²) >= 11 is 0. The topological polar surface area (TPSA) is 59.8 Å². The standard InChI is InChI=1S/C20H25NO4/c1-12-13(2)19(23)25-17-11-15(7-8-16(12)17)24-14(3)18(22)21-10-6-9-20(21,4)5/h7-8,11,14H,6,9-10H2,1-5H3. The first-order valence-corrected chi connectivity index (χ1v) is 8.73. The van der Waals surface area contributed by atoms with Gasteiger partial charge < -0.3 is 14.1 Å². The van der Waals surface area contributed by atoms with E-state index in [0.29, 0.717) is 16.9 Å². The lowest BCUT2D eigenvalue weighted by Gasteiger charge is -2.33. The second kappa shape index (κ2) is 6.21. The number of carbonyl (C=O) groups excluding carboxylic acids is 1. The minimum atomic E-state index is -0.590. The molecule has 1 saturated heterocycles. The average Bonchev–Trinajstić information content (AvgIpc) is 2.91. The van der Waals surface area contributed by atoms with Gasteiger partial charge in [0.15, 0.2) is 6.10 Å². The van der Waals surface area contributed by atoms with E-state index < -0.39 is 6.10 Å². The zero-order valence-corrected chi connectivity index (χ0v) is 15.5. The first kappa shape index (κ1) is 17.5. The van der Waals surface area contributed by atoms with Gasteiger partial charge in [0.05, 0.1) is 0 Å². The van der Waals surface area contributed by atoms with Gasteiger partial charge in [-0.3, -0.25) is 4.79 Å². The van der Waals surface area contributed by atoms with E-state index in [1.807, 2.05) is 24.0 Å². The minimum Gasteiger partial charge on any atom is -0.481 e. The van der Waals surface area contributed by atoms with Gasteiger partial charge in [0.25, 0.3) is 5.91 Å². The number of likely N-dealkylation sites (tertiary alicyclic amines) is 1. The quantitative estimate of drug-likeness (QED) is 0.799. The van der Waals surface area contributed by atoms with Crippen LogP contribution in [0.1, 0.15) is 44.7 Å². The SMILES string of the molecule is Cc1c(C)c2ccc(OC(C)C(=O)N3CCCC3(C)C)cc2oc1=O. The second-order valence-electron chi connectivity index (χ2n) is 7.46. The Bertz CT molecular complexity index is 881. The molecule has 0 bridgehead atoms. The molecule has 1 aromatic heterocycles. The van der Waals surface area contributed by atoms with Gasteiger partial charge >= 0.3 is 5.63 Å². The zero-order valence-electron chi connectivity index (χ0n) is 15.5. The van der Waals surface area contributed by atoms with Gasteiger partial charge in [-0.2, -0.15) is 0 Å². The monoisotopic (exact) mass is 343 g/mol. The van der Waals surface area contributed by atoms with Crippen LogP contribution in [0.5, 0.6) is 5.75 Å². The van der Waals surface area contributed by atoms with Crippen LogP contribution in [0.25, 0.3) is 11.0 Å². The molecule has 134 valence electrons. The highest BCUT2D eigenvalue weighted by Crippen LogP contribution is 2.30. The highest BCUT2D eigenvalue weighted by atomic mass is 16.5. The summed E-state index contributed by atoms with van der Waals surface area (Å²) in [5, 5.41) is 0.879. The molecule has 2 aromatic rings. The van der Waals surface area contributed by atoms with Crippen LogP contribution >= 0.6 is 0 Å². The minimum absolute atomic E-state index is 0.0101. The fourth-order valence-electron chi connectivity index (χ4n) is 3.49. The Hall–Kier alpha value is -2.30. The molecule has 0 spiro atoms. The van der Waals surface area contributed by atoms with Crippen molar-refractivity contribution in [2.45, 2.75) is 59.1 Å². The summed E-state index contributed by atoms with van der Waals surface area (Å²) < 4.78 is 11.2.